The molecule has 1 N–H and O–H groups in total. The van der Waals surface area contributed by atoms with Gasteiger partial charge in [0, 0.05) is 10.9 Å². The Balaban J connectivity index is 2.05. The second kappa shape index (κ2) is 5.90. The Bertz CT molecular complexity index is 1140. The zero-order valence-corrected chi connectivity index (χ0v) is 14.5. The Morgan fingerprint density at radius 3 is 2.12 bits per heavy atom. The monoisotopic (exact) mass is 347 g/mol. The van der Waals surface area contributed by atoms with Crippen LogP contribution < -0.4 is 0 Å². The van der Waals surface area contributed by atoms with Gasteiger partial charge in [-0.1, -0.05) is 66.2 Å². The molecule has 0 saturated heterocycles. The minimum Gasteiger partial charge on any atom is -0.353 e. The van der Waals surface area contributed by atoms with Crippen LogP contribution in [0.3, 0.4) is 0 Å². The van der Waals surface area contributed by atoms with Gasteiger partial charge in [0.25, 0.3) is 0 Å². The van der Waals surface area contributed by atoms with Crippen LogP contribution in [-0.2, 0) is 9.84 Å². The van der Waals surface area contributed by atoms with Gasteiger partial charge in [-0.05, 0) is 30.7 Å². The third-order valence-corrected chi connectivity index (χ3v) is 6.18. The summed E-state index contributed by atoms with van der Waals surface area (Å²) >= 11 is 0. The maximum atomic E-state index is 13.3. The Morgan fingerprint density at radius 1 is 0.760 bits per heavy atom. The first-order valence-electron chi connectivity index (χ1n) is 8.05. The average Bonchev–Trinajstić information content (AvgIpc) is 3.03. The second-order valence-electron chi connectivity index (χ2n) is 6.06. The lowest BCUT2D eigenvalue weighted by Crippen LogP contribution is -2.03. The highest BCUT2D eigenvalue weighted by atomic mass is 32.2. The van der Waals surface area contributed by atoms with Crippen LogP contribution in [0.4, 0.5) is 0 Å². The zero-order valence-electron chi connectivity index (χ0n) is 13.7. The van der Waals surface area contributed by atoms with Gasteiger partial charge in [0.15, 0.2) is 0 Å². The SMILES string of the molecule is Cc1ccc(-c2[nH]c3ccccc3c2S(=O)(=O)c2ccccc2)cc1. The number of fused-ring (bicyclic) bond motifs is 1. The van der Waals surface area contributed by atoms with Crippen LogP contribution in [0.2, 0.25) is 0 Å². The molecule has 0 aliphatic heterocycles. The highest BCUT2D eigenvalue weighted by molar-refractivity contribution is 7.91. The number of para-hydroxylation sites is 1. The van der Waals surface area contributed by atoms with Gasteiger partial charge in [-0.25, -0.2) is 8.42 Å². The van der Waals surface area contributed by atoms with E-state index in [-0.39, 0.29) is 0 Å². The number of sulfone groups is 1. The van der Waals surface area contributed by atoms with Crippen molar-refractivity contribution in [3.8, 4) is 11.3 Å². The number of H-pyrrole nitrogens is 1. The van der Waals surface area contributed by atoms with Gasteiger partial charge in [-0.2, -0.15) is 0 Å². The first-order chi connectivity index (χ1) is 12.1. The van der Waals surface area contributed by atoms with Crippen LogP contribution >= 0.6 is 0 Å². The predicted molar refractivity (Wildman–Crippen MR) is 100 cm³/mol. The standard InChI is InChI=1S/C21H17NO2S/c1-15-11-13-16(14-12-15)20-21(18-9-5-6-10-19(18)22-20)25(23,24)17-7-3-2-4-8-17/h2-14,22H,1H3. The van der Waals surface area contributed by atoms with E-state index in [1.807, 2.05) is 61.5 Å². The maximum absolute atomic E-state index is 13.3. The summed E-state index contributed by atoms with van der Waals surface area (Å²) in [6.07, 6.45) is 0. The molecule has 3 aromatic carbocycles. The summed E-state index contributed by atoms with van der Waals surface area (Å²) in [4.78, 5) is 3.93. The van der Waals surface area contributed by atoms with Crippen LogP contribution in [0.5, 0.6) is 0 Å². The molecule has 4 rings (SSSR count). The van der Waals surface area contributed by atoms with Crippen molar-refractivity contribution >= 4 is 20.7 Å². The average molecular weight is 347 g/mol. The first kappa shape index (κ1) is 15.7. The molecule has 4 aromatic rings. The summed E-state index contributed by atoms with van der Waals surface area (Å²) in [5, 5.41) is 0.710. The lowest BCUT2D eigenvalue weighted by Gasteiger charge is -2.08. The number of nitrogens with one attached hydrogen (secondary N) is 1. The van der Waals surface area contributed by atoms with E-state index in [2.05, 4.69) is 4.98 Å². The Morgan fingerprint density at radius 2 is 1.40 bits per heavy atom. The second-order valence-corrected chi connectivity index (χ2v) is 7.94. The fraction of sp³-hybridized carbons (Fsp3) is 0.0476. The van der Waals surface area contributed by atoms with Crippen molar-refractivity contribution in [1.29, 1.82) is 0 Å². The lowest BCUT2D eigenvalue weighted by atomic mass is 10.1. The van der Waals surface area contributed by atoms with Crippen molar-refractivity contribution in [2.45, 2.75) is 16.7 Å². The number of aromatic amines is 1. The van der Waals surface area contributed by atoms with E-state index in [4.69, 9.17) is 0 Å². The molecule has 0 radical (unpaired) electrons. The molecule has 0 atom stereocenters. The number of aryl methyl sites for hydroxylation is 1. The summed E-state index contributed by atoms with van der Waals surface area (Å²) in [5.74, 6) is 0. The van der Waals surface area contributed by atoms with E-state index in [1.54, 1.807) is 24.3 Å². The third-order valence-electron chi connectivity index (χ3n) is 4.32. The smallest absolute Gasteiger partial charge is 0.209 e. The van der Waals surface area contributed by atoms with Crippen molar-refractivity contribution < 1.29 is 8.42 Å². The van der Waals surface area contributed by atoms with Crippen LogP contribution in [0.25, 0.3) is 22.2 Å². The molecule has 124 valence electrons. The fourth-order valence-electron chi connectivity index (χ4n) is 3.04. The van der Waals surface area contributed by atoms with Gasteiger partial charge in [0.2, 0.25) is 9.84 Å². The van der Waals surface area contributed by atoms with Gasteiger partial charge in [0.1, 0.15) is 4.90 Å². The van der Waals surface area contributed by atoms with Gasteiger partial charge < -0.3 is 4.98 Å². The van der Waals surface area contributed by atoms with E-state index in [0.29, 0.717) is 20.9 Å². The summed E-state index contributed by atoms with van der Waals surface area (Å²) < 4.78 is 26.7. The van der Waals surface area contributed by atoms with Crippen molar-refractivity contribution in [3.63, 3.8) is 0 Å². The molecule has 0 aliphatic carbocycles. The topological polar surface area (TPSA) is 49.9 Å². The van der Waals surface area contributed by atoms with Crippen molar-refractivity contribution in [2.24, 2.45) is 0 Å². The van der Waals surface area contributed by atoms with Crippen molar-refractivity contribution in [1.82, 2.24) is 4.98 Å². The molecule has 0 spiro atoms. The van der Waals surface area contributed by atoms with Gasteiger partial charge in [-0.15, -0.1) is 0 Å². The van der Waals surface area contributed by atoms with Crippen LogP contribution in [0.15, 0.2) is 88.7 Å². The van der Waals surface area contributed by atoms with Gasteiger partial charge in [0.05, 0.1) is 10.6 Å². The van der Waals surface area contributed by atoms with E-state index in [9.17, 15) is 8.42 Å². The Kier molecular flexibility index (Phi) is 3.70. The number of hydrogen-bond donors (Lipinski definition) is 1. The van der Waals surface area contributed by atoms with E-state index in [1.165, 1.54) is 0 Å². The molecular weight excluding hydrogens is 330 g/mol. The van der Waals surface area contributed by atoms with Crippen LogP contribution in [-0.4, -0.2) is 13.4 Å². The molecule has 4 heteroatoms. The van der Waals surface area contributed by atoms with Crippen LogP contribution in [0, 0.1) is 6.92 Å². The highest BCUT2D eigenvalue weighted by Gasteiger charge is 2.26. The molecule has 25 heavy (non-hydrogen) atoms. The summed E-state index contributed by atoms with van der Waals surface area (Å²) in [6.45, 7) is 2.01. The Hall–Kier alpha value is -2.85. The number of hydrogen-bond acceptors (Lipinski definition) is 2. The molecular formula is C21H17NO2S. The predicted octanol–water partition coefficient (Wildman–Crippen LogP) is 4.98. The molecule has 0 amide bonds. The van der Waals surface area contributed by atoms with Gasteiger partial charge >= 0.3 is 0 Å². The van der Waals surface area contributed by atoms with Gasteiger partial charge in [-0.3, -0.25) is 0 Å². The molecule has 1 heterocycles. The molecule has 0 fully saturated rings. The quantitative estimate of drug-likeness (QED) is 0.568. The number of rotatable bonds is 3. The molecule has 1 aromatic heterocycles. The largest absolute Gasteiger partial charge is 0.353 e. The fourth-order valence-corrected chi connectivity index (χ4v) is 4.69. The Labute approximate surface area is 146 Å². The van der Waals surface area contributed by atoms with E-state index < -0.39 is 9.84 Å². The summed E-state index contributed by atoms with van der Waals surface area (Å²) in [7, 11) is -3.64. The highest BCUT2D eigenvalue weighted by Crippen LogP contribution is 2.37. The maximum Gasteiger partial charge on any atom is 0.209 e. The van der Waals surface area contributed by atoms with E-state index >= 15 is 0 Å². The summed E-state index contributed by atoms with van der Waals surface area (Å²) in [6, 6.07) is 23.9. The van der Waals surface area contributed by atoms with Crippen LogP contribution in [0.1, 0.15) is 5.56 Å². The lowest BCUT2D eigenvalue weighted by molar-refractivity contribution is 0.597. The minimum atomic E-state index is -3.64. The van der Waals surface area contributed by atoms with Crippen molar-refractivity contribution in [2.75, 3.05) is 0 Å². The molecule has 0 unspecified atom stereocenters. The van der Waals surface area contributed by atoms with Crippen molar-refractivity contribution in [3.05, 3.63) is 84.4 Å². The molecule has 0 saturated carbocycles. The number of benzene rings is 3. The zero-order chi connectivity index (χ0) is 17.4. The number of aromatic nitrogens is 1. The summed E-state index contributed by atoms with van der Waals surface area (Å²) in [5.41, 5.74) is 3.43. The van der Waals surface area contributed by atoms with E-state index in [0.717, 1.165) is 16.6 Å². The molecule has 0 bridgehead atoms. The minimum absolute atomic E-state index is 0.299. The normalized spacial score (nSPS) is 11.7. The molecule has 3 nitrogen and oxygen atoms in total. The first-order valence-corrected chi connectivity index (χ1v) is 9.53. The molecule has 0 aliphatic rings. The third kappa shape index (κ3) is 2.65.